The van der Waals surface area contributed by atoms with Crippen LogP contribution in [0.5, 0.6) is 0 Å². The molecule has 0 heterocycles. The molecule has 2 unspecified atom stereocenters. The first-order valence-corrected chi connectivity index (χ1v) is 5.79. The molecule has 2 atom stereocenters. The molecule has 0 fully saturated rings. The van der Waals surface area contributed by atoms with Gasteiger partial charge in [-0.3, -0.25) is 0 Å². The van der Waals surface area contributed by atoms with Gasteiger partial charge in [-0.15, -0.1) is 0 Å². The molecule has 4 heteroatoms. The van der Waals surface area contributed by atoms with Crippen LogP contribution in [0.2, 0.25) is 0 Å². The standard InChI is InChI=1S/C13H19F2NO/c1-4-16-13(7-9(2)17-3)11-8-10(14)5-6-12(11)15/h5-6,8-9,13,16H,4,7H2,1-3H3. The van der Waals surface area contributed by atoms with Crippen molar-refractivity contribution in [2.24, 2.45) is 0 Å². The molecular formula is C13H19F2NO. The fourth-order valence-corrected chi connectivity index (χ4v) is 1.78. The van der Waals surface area contributed by atoms with Gasteiger partial charge < -0.3 is 10.1 Å². The van der Waals surface area contributed by atoms with Crippen LogP contribution < -0.4 is 5.32 Å². The van der Waals surface area contributed by atoms with E-state index >= 15 is 0 Å². The summed E-state index contributed by atoms with van der Waals surface area (Å²) in [5, 5.41) is 3.15. The summed E-state index contributed by atoms with van der Waals surface area (Å²) in [4.78, 5) is 0. The zero-order valence-corrected chi connectivity index (χ0v) is 10.5. The van der Waals surface area contributed by atoms with Gasteiger partial charge in [-0.05, 0) is 38.1 Å². The molecule has 0 amide bonds. The van der Waals surface area contributed by atoms with Crippen LogP contribution in [0.4, 0.5) is 8.78 Å². The molecule has 1 N–H and O–H groups in total. The fraction of sp³-hybridized carbons (Fsp3) is 0.538. The van der Waals surface area contributed by atoms with Crippen molar-refractivity contribution in [1.29, 1.82) is 0 Å². The van der Waals surface area contributed by atoms with Gasteiger partial charge in [0.2, 0.25) is 0 Å². The first kappa shape index (κ1) is 14.1. The lowest BCUT2D eigenvalue weighted by atomic mass is 10.0. The van der Waals surface area contributed by atoms with E-state index < -0.39 is 5.82 Å². The van der Waals surface area contributed by atoms with E-state index in [1.807, 2.05) is 13.8 Å². The van der Waals surface area contributed by atoms with E-state index in [9.17, 15) is 8.78 Å². The summed E-state index contributed by atoms with van der Waals surface area (Å²) < 4.78 is 32.0. The molecule has 0 bridgehead atoms. The monoisotopic (exact) mass is 243 g/mol. The van der Waals surface area contributed by atoms with Crippen molar-refractivity contribution in [3.05, 3.63) is 35.4 Å². The molecular weight excluding hydrogens is 224 g/mol. The first-order chi connectivity index (χ1) is 8.08. The third-order valence-electron chi connectivity index (χ3n) is 2.75. The van der Waals surface area contributed by atoms with Crippen LogP contribution in [0.25, 0.3) is 0 Å². The molecule has 0 aliphatic rings. The molecule has 0 aliphatic carbocycles. The maximum atomic E-state index is 13.6. The summed E-state index contributed by atoms with van der Waals surface area (Å²) in [6.45, 7) is 4.53. The smallest absolute Gasteiger partial charge is 0.128 e. The summed E-state index contributed by atoms with van der Waals surface area (Å²) in [6, 6.07) is 3.30. The maximum absolute atomic E-state index is 13.6. The van der Waals surface area contributed by atoms with E-state index in [4.69, 9.17) is 4.74 Å². The van der Waals surface area contributed by atoms with Crippen LogP contribution >= 0.6 is 0 Å². The number of halogens is 2. The highest BCUT2D eigenvalue weighted by molar-refractivity contribution is 5.22. The molecule has 1 aromatic carbocycles. The number of benzene rings is 1. The van der Waals surface area contributed by atoms with Gasteiger partial charge in [-0.1, -0.05) is 6.92 Å². The molecule has 0 aromatic heterocycles. The van der Waals surface area contributed by atoms with Crippen molar-refractivity contribution in [2.75, 3.05) is 13.7 Å². The summed E-state index contributed by atoms with van der Waals surface area (Å²) in [6.07, 6.45) is 0.590. The molecule has 0 radical (unpaired) electrons. The Bertz CT molecular complexity index is 357. The van der Waals surface area contributed by atoms with Crippen LogP contribution in [0.3, 0.4) is 0 Å². The highest BCUT2D eigenvalue weighted by Crippen LogP contribution is 2.23. The van der Waals surface area contributed by atoms with E-state index in [0.29, 0.717) is 18.5 Å². The predicted molar refractivity (Wildman–Crippen MR) is 63.9 cm³/mol. The molecule has 1 aromatic rings. The Morgan fingerprint density at radius 1 is 1.35 bits per heavy atom. The minimum absolute atomic E-state index is 0.0123. The van der Waals surface area contributed by atoms with Crippen LogP contribution in [0, 0.1) is 11.6 Å². The van der Waals surface area contributed by atoms with Gasteiger partial charge in [-0.2, -0.15) is 0 Å². The third-order valence-corrected chi connectivity index (χ3v) is 2.75. The molecule has 0 aliphatic heterocycles. The van der Waals surface area contributed by atoms with Crippen molar-refractivity contribution in [3.8, 4) is 0 Å². The average molecular weight is 243 g/mol. The second-order valence-electron chi connectivity index (χ2n) is 4.06. The Morgan fingerprint density at radius 3 is 2.65 bits per heavy atom. The van der Waals surface area contributed by atoms with E-state index in [0.717, 1.165) is 12.1 Å². The number of hydrogen-bond acceptors (Lipinski definition) is 2. The van der Waals surface area contributed by atoms with E-state index in [1.54, 1.807) is 7.11 Å². The lowest BCUT2D eigenvalue weighted by Crippen LogP contribution is -2.26. The van der Waals surface area contributed by atoms with Gasteiger partial charge in [0.25, 0.3) is 0 Å². The topological polar surface area (TPSA) is 21.3 Å². The Hall–Kier alpha value is -1.00. The third kappa shape index (κ3) is 4.06. The molecule has 0 spiro atoms. The number of nitrogens with one attached hydrogen (secondary N) is 1. The lowest BCUT2D eigenvalue weighted by molar-refractivity contribution is 0.100. The van der Waals surface area contributed by atoms with E-state index in [-0.39, 0.29) is 18.0 Å². The second kappa shape index (κ2) is 6.67. The first-order valence-electron chi connectivity index (χ1n) is 5.79. The quantitative estimate of drug-likeness (QED) is 0.829. The number of rotatable bonds is 6. The maximum Gasteiger partial charge on any atom is 0.128 e. The highest BCUT2D eigenvalue weighted by atomic mass is 19.1. The van der Waals surface area contributed by atoms with E-state index in [2.05, 4.69) is 5.32 Å². The highest BCUT2D eigenvalue weighted by Gasteiger charge is 2.18. The normalized spacial score (nSPS) is 14.6. The van der Waals surface area contributed by atoms with Crippen molar-refractivity contribution in [1.82, 2.24) is 5.32 Å². The van der Waals surface area contributed by atoms with Crippen molar-refractivity contribution in [2.45, 2.75) is 32.4 Å². The van der Waals surface area contributed by atoms with Crippen LogP contribution in [-0.2, 0) is 4.74 Å². The summed E-state index contributed by atoms with van der Waals surface area (Å²) >= 11 is 0. The molecule has 0 saturated carbocycles. The number of hydrogen-bond donors (Lipinski definition) is 1. The predicted octanol–water partition coefficient (Wildman–Crippen LogP) is 3.04. The number of ether oxygens (including phenoxy) is 1. The molecule has 1 rings (SSSR count). The van der Waals surface area contributed by atoms with Gasteiger partial charge in [-0.25, -0.2) is 8.78 Å². The molecule has 17 heavy (non-hydrogen) atoms. The Kier molecular flexibility index (Phi) is 5.51. The van der Waals surface area contributed by atoms with Crippen LogP contribution in [0.1, 0.15) is 31.9 Å². The van der Waals surface area contributed by atoms with Crippen molar-refractivity contribution in [3.63, 3.8) is 0 Å². The van der Waals surface area contributed by atoms with Crippen molar-refractivity contribution < 1.29 is 13.5 Å². The Labute approximate surface area is 101 Å². The van der Waals surface area contributed by atoms with E-state index in [1.165, 1.54) is 6.07 Å². The largest absolute Gasteiger partial charge is 0.382 e. The zero-order valence-electron chi connectivity index (χ0n) is 10.5. The van der Waals surface area contributed by atoms with Gasteiger partial charge in [0, 0.05) is 18.7 Å². The molecule has 2 nitrogen and oxygen atoms in total. The fourth-order valence-electron chi connectivity index (χ4n) is 1.78. The minimum atomic E-state index is -0.422. The second-order valence-corrected chi connectivity index (χ2v) is 4.06. The molecule has 0 saturated heterocycles. The molecule has 96 valence electrons. The van der Waals surface area contributed by atoms with Gasteiger partial charge in [0.05, 0.1) is 6.10 Å². The Morgan fingerprint density at radius 2 is 2.06 bits per heavy atom. The van der Waals surface area contributed by atoms with Crippen LogP contribution in [0.15, 0.2) is 18.2 Å². The van der Waals surface area contributed by atoms with Crippen molar-refractivity contribution >= 4 is 0 Å². The van der Waals surface area contributed by atoms with Crippen LogP contribution in [-0.4, -0.2) is 19.8 Å². The SMILES string of the molecule is CCNC(CC(C)OC)c1cc(F)ccc1F. The zero-order chi connectivity index (χ0) is 12.8. The lowest BCUT2D eigenvalue weighted by Gasteiger charge is -2.22. The van der Waals surface area contributed by atoms with Gasteiger partial charge in [0.1, 0.15) is 11.6 Å². The summed E-state index contributed by atoms with van der Waals surface area (Å²) in [7, 11) is 1.61. The minimum Gasteiger partial charge on any atom is -0.382 e. The number of methoxy groups -OCH3 is 1. The van der Waals surface area contributed by atoms with Gasteiger partial charge >= 0.3 is 0 Å². The summed E-state index contributed by atoms with van der Waals surface area (Å²) in [5.74, 6) is -0.810. The Balaban J connectivity index is 2.91. The van der Waals surface area contributed by atoms with Gasteiger partial charge in [0.15, 0.2) is 0 Å². The summed E-state index contributed by atoms with van der Waals surface area (Å²) in [5.41, 5.74) is 0.357. The average Bonchev–Trinajstić information content (AvgIpc) is 2.31.